The Hall–Kier alpha value is -1.75. The first-order valence-corrected chi connectivity index (χ1v) is 5.39. The summed E-state index contributed by atoms with van der Waals surface area (Å²) >= 11 is 5.73. The summed E-state index contributed by atoms with van der Waals surface area (Å²) in [5.41, 5.74) is 0.256. The molecule has 0 aromatic heterocycles. The number of rotatable bonds is 2. The van der Waals surface area contributed by atoms with Gasteiger partial charge in [0.1, 0.15) is 0 Å². The molecule has 0 radical (unpaired) electrons. The third-order valence-electron chi connectivity index (χ3n) is 2.73. The molecule has 0 aliphatic carbocycles. The number of phenolic OH excluding ortho intramolecular Hbond substituents is 1. The van der Waals surface area contributed by atoms with Gasteiger partial charge >= 0.3 is 5.97 Å². The summed E-state index contributed by atoms with van der Waals surface area (Å²) in [7, 11) is 0. The van der Waals surface area contributed by atoms with E-state index in [0.717, 1.165) is 0 Å². The Bertz CT molecular complexity index is 488. The lowest BCUT2D eigenvalue weighted by Crippen LogP contribution is -2.25. The molecule has 0 bridgehead atoms. The van der Waals surface area contributed by atoms with Crippen molar-refractivity contribution in [2.24, 2.45) is 5.92 Å². The van der Waals surface area contributed by atoms with Crippen molar-refractivity contribution < 1.29 is 19.8 Å². The number of phenols is 1. The van der Waals surface area contributed by atoms with Crippen molar-refractivity contribution in [3.8, 4) is 5.75 Å². The Morgan fingerprint density at radius 2 is 2.18 bits per heavy atom. The summed E-state index contributed by atoms with van der Waals surface area (Å²) in [4.78, 5) is 23.7. The van der Waals surface area contributed by atoms with Gasteiger partial charge in [-0.3, -0.25) is 9.59 Å². The molecule has 1 atom stereocenters. The maximum atomic E-state index is 11.7. The van der Waals surface area contributed by atoms with Gasteiger partial charge in [-0.15, -0.1) is 0 Å². The third kappa shape index (κ3) is 2.06. The number of para-hydroxylation sites is 1. The van der Waals surface area contributed by atoms with Crippen LogP contribution in [0.3, 0.4) is 0 Å². The summed E-state index contributed by atoms with van der Waals surface area (Å²) in [6, 6.07) is 4.62. The summed E-state index contributed by atoms with van der Waals surface area (Å²) in [6.45, 7) is 0.0576. The van der Waals surface area contributed by atoms with Crippen molar-refractivity contribution >= 4 is 29.2 Å². The molecule has 90 valence electrons. The van der Waals surface area contributed by atoms with Crippen LogP contribution in [0, 0.1) is 5.92 Å². The number of aromatic hydroxyl groups is 1. The minimum Gasteiger partial charge on any atom is -0.504 e. The second-order valence-electron chi connectivity index (χ2n) is 3.85. The van der Waals surface area contributed by atoms with Gasteiger partial charge in [0.05, 0.1) is 16.6 Å². The van der Waals surface area contributed by atoms with Crippen LogP contribution in [0.15, 0.2) is 18.2 Å². The van der Waals surface area contributed by atoms with Crippen LogP contribution in [0.5, 0.6) is 5.75 Å². The second kappa shape index (κ2) is 4.25. The van der Waals surface area contributed by atoms with E-state index in [1.807, 2.05) is 0 Å². The molecule has 1 amide bonds. The van der Waals surface area contributed by atoms with Gasteiger partial charge in [0.25, 0.3) is 0 Å². The SMILES string of the molecule is O=C(O)C1CC(=O)N(c2cccc(Cl)c2O)C1. The lowest BCUT2D eigenvalue weighted by molar-refractivity contribution is -0.141. The first kappa shape index (κ1) is 11.7. The zero-order valence-electron chi connectivity index (χ0n) is 8.76. The average molecular weight is 256 g/mol. The first-order chi connectivity index (χ1) is 8.00. The van der Waals surface area contributed by atoms with Gasteiger partial charge in [0.2, 0.25) is 5.91 Å². The number of carboxylic acid groups (broad SMARTS) is 1. The minimum atomic E-state index is -1.01. The largest absolute Gasteiger partial charge is 0.504 e. The van der Waals surface area contributed by atoms with Crippen LogP contribution in [0.4, 0.5) is 5.69 Å². The Kier molecular flexibility index (Phi) is 2.93. The maximum Gasteiger partial charge on any atom is 0.308 e. The average Bonchev–Trinajstić information content (AvgIpc) is 2.65. The van der Waals surface area contributed by atoms with E-state index < -0.39 is 11.9 Å². The molecule has 1 aromatic rings. The van der Waals surface area contributed by atoms with E-state index in [0.29, 0.717) is 0 Å². The van der Waals surface area contributed by atoms with Crippen LogP contribution >= 0.6 is 11.6 Å². The van der Waals surface area contributed by atoms with E-state index in [1.165, 1.54) is 17.0 Å². The molecule has 1 unspecified atom stereocenters. The number of halogens is 1. The van der Waals surface area contributed by atoms with E-state index in [4.69, 9.17) is 16.7 Å². The van der Waals surface area contributed by atoms with Crippen molar-refractivity contribution in [3.63, 3.8) is 0 Å². The van der Waals surface area contributed by atoms with Crippen molar-refractivity contribution in [1.82, 2.24) is 0 Å². The Morgan fingerprint density at radius 1 is 1.47 bits per heavy atom. The Labute approximate surface area is 102 Å². The first-order valence-electron chi connectivity index (χ1n) is 5.01. The van der Waals surface area contributed by atoms with Crippen LogP contribution in [0.2, 0.25) is 5.02 Å². The highest BCUT2D eigenvalue weighted by Crippen LogP contribution is 2.37. The lowest BCUT2D eigenvalue weighted by Gasteiger charge is -2.17. The van der Waals surface area contributed by atoms with Gasteiger partial charge < -0.3 is 15.1 Å². The number of amides is 1. The number of carboxylic acids is 1. The quantitative estimate of drug-likeness (QED) is 0.839. The van der Waals surface area contributed by atoms with Gasteiger partial charge in [-0.05, 0) is 12.1 Å². The van der Waals surface area contributed by atoms with Gasteiger partial charge in [-0.1, -0.05) is 17.7 Å². The standard InChI is InChI=1S/C11H10ClNO4/c12-7-2-1-3-8(10(7)15)13-5-6(11(16)17)4-9(13)14/h1-3,6,15H,4-5H2,(H,16,17). The summed E-state index contributed by atoms with van der Waals surface area (Å²) in [5, 5.41) is 18.7. The zero-order chi connectivity index (χ0) is 12.6. The molecule has 2 N–H and O–H groups in total. The number of carbonyl (C=O) groups is 2. The van der Waals surface area contributed by atoms with Crippen LogP contribution in [0.25, 0.3) is 0 Å². The predicted molar refractivity (Wildman–Crippen MR) is 61.2 cm³/mol. The number of benzene rings is 1. The molecule has 1 aliphatic heterocycles. The van der Waals surface area contributed by atoms with E-state index in [1.54, 1.807) is 6.07 Å². The number of nitrogens with zero attached hydrogens (tertiary/aromatic N) is 1. The Morgan fingerprint density at radius 3 is 2.76 bits per heavy atom. The van der Waals surface area contributed by atoms with E-state index >= 15 is 0 Å². The number of hydrogen-bond acceptors (Lipinski definition) is 3. The summed E-state index contributed by atoms with van der Waals surface area (Å²) in [5.74, 6) is -2.27. The van der Waals surface area contributed by atoms with Gasteiger partial charge in [0.15, 0.2) is 5.75 Å². The Balaban J connectivity index is 2.32. The second-order valence-corrected chi connectivity index (χ2v) is 4.26. The van der Waals surface area contributed by atoms with Crippen LogP contribution in [-0.4, -0.2) is 28.6 Å². The van der Waals surface area contributed by atoms with Gasteiger partial charge in [0, 0.05) is 13.0 Å². The third-order valence-corrected chi connectivity index (χ3v) is 3.04. The molecule has 6 heteroatoms. The number of anilines is 1. The van der Waals surface area contributed by atoms with Crippen molar-refractivity contribution in [1.29, 1.82) is 0 Å². The zero-order valence-corrected chi connectivity index (χ0v) is 9.52. The van der Waals surface area contributed by atoms with E-state index in [-0.39, 0.29) is 35.3 Å². The molecule has 17 heavy (non-hydrogen) atoms. The molecule has 1 heterocycles. The van der Waals surface area contributed by atoms with Gasteiger partial charge in [-0.25, -0.2) is 0 Å². The highest BCUT2D eigenvalue weighted by atomic mass is 35.5. The topological polar surface area (TPSA) is 77.8 Å². The fraction of sp³-hybridized carbons (Fsp3) is 0.273. The molecular weight excluding hydrogens is 246 g/mol. The molecule has 1 aromatic carbocycles. The van der Waals surface area contributed by atoms with Crippen molar-refractivity contribution in [2.45, 2.75) is 6.42 Å². The van der Waals surface area contributed by atoms with Crippen LogP contribution in [0.1, 0.15) is 6.42 Å². The molecular formula is C11H10ClNO4. The monoisotopic (exact) mass is 255 g/mol. The normalized spacial score (nSPS) is 19.7. The number of aliphatic carboxylic acids is 1. The number of hydrogen-bond donors (Lipinski definition) is 2. The molecule has 1 saturated heterocycles. The molecule has 5 nitrogen and oxygen atoms in total. The van der Waals surface area contributed by atoms with Crippen molar-refractivity contribution in [2.75, 3.05) is 11.4 Å². The summed E-state index contributed by atoms with van der Waals surface area (Å²) < 4.78 is 0. The minimum absolute atomic E-state index is 0.0543. The summed E-state index contributed by atoms with van der Waals surface area (Å²) in [6.07, 6.45) is -0.0543. The lowest BCUT2D eigenvalue weighted by atomic mass is 10.1. The molecule has 0 saturated carbocycles. The highest BCUT2D eigenvalue weighted by molar-refractivity contribution is 6.32. The molecule has 1 aliphatic rings. The molecule has 2 rings (SSSR count). The number of carbonyl (C=O) groups excluding carboxylic acids is 1. The maximum absolute atomic E-state index is 11.7. The molecule has 0 spiro atoms. The van der Waals surface area contributed by atoms with E-state index in [2.05, 4.69) is 0 Å². The van der Waals surface area contributed by atoms with E-state index in [9.17, 15) is 14.7 Å². The smallest absolute Gasteiger partial charge is 0.308 e. The molecule has 1 fully saturated rings. The van der Waals surface area contributed by atoms with Crippen molar-refractivity contribution in [3.05, 3.63) is 23.2 Å². The predicted octanol–water partition coefficient (Wildman–Crippen LogP) is 1.48. The fourth-order valence-corrected chi connectivity index (χ4v) is 2.00. The van der Waals surface area contributed by atoms with Gasteiger partial charge in [-0.2, -0.15) is 0 Å². The van der Waals surface area contributed by atoms with Crippen LogP contribution < -0.4 is 4.90 Å². The fourth-order valence-electron chi connectivity index (χ4n) is 1.83. The van der Waals surface area contributed by atoms with Crippen LogP contribution in [-0.2, 0) is 9.59 Å². The highest BCUT2D eigenvalue weighted by Gasteiger charge is 2.36.